The number of H-pyrrole nitrogens is 1. The third kappa shape index (κ3) is 3.33. The van der Waals surface area contributed by atoms with Crippen molar-refractivity contribution < 1.29 is 9.59 Å². The number of carbonyl (C=O) groups is 2. The Bertz CT molecular complexity index is 992. The number of nitrogens with zero attached hydrogens (tertiary/aromatic N) is 1. The van der Waals surface area contributed by atoms with Crippen LogP contribution in [0.4, 0.5) is 5.69 Å². The van der Waals surface area contributed by atoms with Crippen molar-refractivity contribution in [1.82, 2.24) is 10.3 Å². The Morgan fingerprint density at radius 3 is 2.78 bits per heavy atom. The molecule has 0 bridgehead atoms. The molecule has 2 aromatic carbocycles. The molecule has 1 aromatic heterocycles. The smallest absolute Gasteiger partial charge is 0.249 e. The molecule has 0 unspecified atom stereocenters. The van der Waals surface area contributed by atoms with Crippen molar-refractivity contribution in [1.29, 1.82) is 0 Å². The van der Waals surface area contributed by atoms with Gasteiger partial charge in [-0.3, -0.25) is 9.59 Å². The van der Waals surface area contributed by atoms with E-state index in [2.05, 4.69) is 16.4 Å². The quantitative estimate of drug-likeness (QED) is 0.733. The molecule has 0 spiro atoms. The summed E-state index contributed by atoms with van der Waals surface area (Å²) in [4.78, 5) is 30.5. The van der Waals surface area contributed by atoms with E-state index < -0.39 is 6.04 Å². The summed E-state index contributed by atoms with van der Waals surface area (Å²) < 4.78 is 0. The van der Waals surface area contributed by atoms with Gasteiger partial charge in [-0.05, 0) is 29.7 Å². The van der Waals surface area contributed by atoms with Gasteiger partial charge in [0.15, 0.2) is 0 Å². The summed E-state index contributed by atoms with van der Waals surface area (Å²) in [5.74, 6) is -0.160. The van der Waals surface area contributed by atoms with Crippen molar-refractivity contribution in [2.24, 2.45) is 0 Å². The molecule has 5 heteroatoms. The summed E-state index contributed by atoms with van der Waals surface area (Å²) in [7, 11) is 0. The van der Waals surface area contributed by atoms with Crippen molar-refractivity contribution in [2.75, 3.05) is 11.4 Å². The van der Waals surface area contributed by atoms with Crippen LogP contribution in [0.15, 0.2) is 54.7 Å². The molecule has 0 radical (unpaired) electrons. The fourth-order valence-corrected chi connectivity index (χ4v) is 3.77. The fraction of sp³-hybridized carbons (Fsp3) is 0.273. The number of nitrogens with one attached hydrogen (secondary N) is 2. The monoisotopic (exact) mass is 361 g/mol. The zero-order chi connectivity index (χ0) is 18.8. The van der Waals surface area contributed by atoms with E-state index in [4.69, 9.17) is 0 Å². The Labute approximate surface area is 158 Å². The van der Waals surface area contributed by atoms with Crippen LogP contribution in [0.5, 0.6) is 0 Å². The number of aromatic amines is 1. The second-order valence-electron chi connectivity index (χ2n) is 6.91. The highest BCUT2D eigenvalue weighted by Crippen LogP contribution is 2.28. The van der Waals surface area contributed by atoms with Crippen molar-refractivity contribution >= 4 is 28.4 Å². The second-order valence-corrected chi connectivity index (χ2v) is 6.91. The van der Waals surface area contributed by atoms with Gasteiger partial charge in [-0.2, -0.15) is 0 Å². The van der Waals surface area contributed by atoms with Gasteiger partial charge >= 0.3 is 0 Å². The molecular weight excluding hydrogens is 338 g/mol. The molecule has 1 aliphatic rings. The summed E-state index contributed by atoms with van der Waals surface area (Å²) in [6.07, 6.45) is 3.60. The Balaban J connectivity index is 1.63. The Morgan fingerprint density at radius 2 is 1.93 bits per heavy atom. The number of carbonyl (C=O) groups excluding carboxylic acids is 2. The molecule has 2 heterocycles. The van der Waals surface area contributed by atoms with Crippen LogP contribution >= 0.6 is 0 Å². The highest BCUT2D eigenvalue weighted by atomic mass is 16.2. The van der Waals surface area contributed by atoms with E-state index in [0.717, 1.165) is 28.6 Å². The molecular formula is C22H23N3O2. The summed E-state index contributed by atoms with van der Waals surface area (Å²) in [5, 5.41) is 4.02. The maximum atomic E-state index is 13.3. The van der Waals surface area contributed by atoms with E-state index in [1.165, 1.54) is 5.56 Å². The first-order valence-electron chi connectivity index (χ1n) is 9.41. The Kier molecular flexibility index (Phi) is 4.67. The van der Waals surface area contributed by atoms with Crippen molar-refractivity contribution in [2.45, 2.75) is 32.2 Å². The molecule has 3 aromatic rings. The largest absolute Gasteiger partial charge is 0.361 e. The minimum Gasteiger partial charge on any atom is -0.361 e. The van der Waals surface area contributed by atoms with Gasteiger partial charge in [0.1, 0.15) is 6.04 Å². The lowest BCUT2D eigenvalue weighted by molar-refractivity contribution is -0.127. The van der Waals surface area contributed by atoms with Gasteiger partial charge in [0.25, 0.3) is 0 Å². The van der Waals surface area contributed by atoms with E-state index in [1.54, 1.807) is 6.92 Å². The lowest BCUT2D eigenvalue weighted by Crippen LogP contribution is -2.49. The van der Waals surface area contributed by atoms with E-state index in [0.29, 0.717) is 19.4 Å². The predicted molar refractivity (Wildman–Crippen MR) is 107 cm³/mol. The summed E-state index contributed by atoms with van der Waals surface area (Å²) >= 11 is 0. The number of rotatable bonds is 5. The van der Waals surface area contributed by atoms with Gasteiger partial charge in [-0.25, -0.2) is 0 Å². The molecule has 0 fully saturated rings. The van der Waals surface area contributed by atoms with Crippen molar-refractivity contribution in [3.05, 3.63) is 65.9 Å². The standard InChI is InChI=1S/C22H23N3O2/c1-2-21(26)24-19(13-16-14-23-18-9-5-4-8-17(16)18)22(27)25-12-11-15-7-3-6-10-20(15)25/h3-10,14,19,23H,2,11-13H2,1H3,(H,24,26)/t19-/m0/s1. The highest BCUT2D eigenvalue weighted by molar-refractivity contribution is 6.01. The number of fused-ring (bicyclic) bond motifs is 2. The van der Waals surface area contributed by atoms with Crippen LogP contribution in [-0.2, 0) is 22.4 Å². The zero-order valence-corrected chi connectivity index (χ0v) is 15.4. The topological polar surface area (TPSA) is 65.2 Å². The van der Waals surface area contributed by atoms with Gasteiger partial charge in [-0.15, -0.1) is 0 Å². The molecule has 1 aliphatic heterocycles. The number of benzene rings is 2. The molecule has 1 atom stereocenters. The number of para-hydroxylation sites is 2. The van der Waals surface area contributed by atoms with Crippen LogP contribution in [0.3, 0.4) is 0 Å². The molecule has 5 nitrogen and oxygen atoms in total. The number of amides is 2. The maximum Gasteiger partial charge on any atom is 0.249 e. The molecule has 2 N–H and O–H groups in total. The first-order chi connectivity index (χ1) is 13.2. The molecule has 0 aliphatic carbocycles. The third-order valence-corrected chi connectivity index (χ3v) is 5.21. The van der Waals surface area contributed by atoms with Crippen LogP contribution in [0.25, 0.3) is 10.9 Å². The number of aromatic nitrogens is 1. The van der Waals surface area contributed by atoms with E-state index in [1.807, 2.05) is 53.6 Å². The molecule has 2 amide bonds. The third-order valence-electron chi connectivity index (χ3n) is 5.21. The zero-order valence-electron chi connectivity index (χ0n) is 15.4. The van der Waals surface area contributed by atoms with Gasteiger partial charge in [0, 0.05) is 42.2 Å². The minimum atomic E-state index is -0.581. The molecule has 0 saturated heterocycles. The number of hydrogen-bond acceptors (Lipinski definition) is 2. The highest BCUT2D eigenvalue weighted by Gasteiger charge is 2.31. The SMILES string of the molecule is CCC(=O)N[C@@H](Cc1c[nH]c2ccccc12)C(=O)N1CCc2ccccc21. The molecule has 27 heavy (non-hydrogen) atoms. The lowest BCUT2D eigenvalue weighted by Gasteiger charge is -2.25. The molecule has 4 rings (SSSR count). The first-order valence-corrected chi connectivity index (χ1v) is 9.41. The van der Waals surface area contributed by atoms with E-state index >= 15 is 0 Å². The Morgan fingerprint density at radius 1 is 1.15 bits per heavy atom. The van der Waals surface area contributed by atoms with Crippen LogP contribution in [0, 0.1) is 0 Å². The van der Waals surface area contributed by atoms with Crippen LogP contribution < -0.4 is 10.2 Å². The molecule has 0 saturated carbocycles. The normalized spacial score (nSPS) is 14.2. The summed E-state index contributed by atoms with van der Waals surface area (Å²) in [6.45, 7) is 2.46. The number of anilines is 1. The minimum absolute atomic E-state index is 0.0490. The fourth-order valence-electron chi connectivity index (χ4n) is 3.77. The number of hydrogen-bond donors (Lipinski definition) is 2. The maximum absolute atomic E-state index is 13.3. The van der Waals surface area contributed by atoms with Gasteiger partial charge < -0.3 is 15.2 Å². The van der Waals surface area contributed by atoms with Gasteiger partial charge in [-0.1, -0.05) is 43.3 Å². The van der Waals surface area contributed by atoms with Crippen molar-refractivity contribution in [3.8, 4) is 0 Å². The van der Waals surface area contributed by atoms with Crippen LogP contribution in [0.1, 0.15) is 24.5 Å². The van der Waals surface area contributed by atoms with E-state index in [9.17, 15) is 9.59 Å². The molecule has 138 valence electrons. The first kappa shape index (κ1) is 17.3. The summed E-state index contributed by atoms with van der Waals surface area (Å²) in [5.41, 5.74) is 4.20. The Hall–Kier alpha value is -3.08. The predicted octanol–water partition coefficient (Wildman–Crippen LogP) is 3.19. The summed E-state index contributed by atoms with van der Waals surface area (Å²) in [6, 6.07) is 15.4. The van der Waals surface area contributed by atoms with Crippen LogP contribution in [-0.4, -0.2) is 29.4 Å². The average Bonchev–Trinajstić information content (AvgIpc) is 3.31. The lowest BCUT2D eigenvalue weighted by atomic mass is 10.0. The van der Waals surface area contributed by atoms with Gasteiger partial charge in [0.05, 0.1) is 0 Å². The average molecular weight is 361 g/mol. The van der Waals surface area contributed by atoms with Crippen LogP contribution in [0.2, 0.25) is 0 Å². The van der Waals surface area contributed by atoms with E-state index in [-0.39, 0.29) is 11.8 Å². The second kappa shape index (κ2) is 7.27. The van der Waals surface area contributed by atoms with Crippen molar-refractivity contribution in [3.63, 3.8) is 0 Å². The van der Waals surface area contributed by atoms with Gasteiger partial charge in [0.2, 0.25) is 11.8 Å².